The lowest BCUT2D eigenvalue weighted by atomic mass is 10.2. The molecule has 2 rings (SSSR count). The van der Waals surface area contributed by atoms with Gasteiger partial charge < -0.3 is 18.6 Å². The highest BCUT2D eigenvalue weighted by molar-refractivity contribution is 5.90. The van der Waals surface area contributed by atoms with E-state index in [9.17, 15) is 14.4 Å². The molecule has 0 spiro atoms. The minimum absolute atomic E-state index is 0.186. The molecule has 2 aromatic rings. The summed E-state index contributed by atoms with van der Waals surface area (Å²) in [5.74, 6) is -0.661. The molecular formula is C17H16O7. The minimum Gasteiger partial charge on any atom is -0.479 e. The van der Waals surface area contributed by atoms with Crippen LogP contribution in [0.2, 0.25) is 0 Å². The molecule has 1 atom stereocenters. The molecule has 1 aromatic carbocycles. The van der Waals surface area contributed by atoms with Crippen LogP contribution < -0.4 is 4.74 Å². The maximum Gasteiger partial charge on any atom is 0.347 e. The fourth-order valence-corrected chi connectivity index (χ4v) is 1.91. The van der Waals surface area contributed by atoms with Crippen molar-refractivity contribution in [2.45, 2.75) is 19.6 Å². The normalized spacial score (nSPS) is 11.4. The fraction of sp³-hybridized carbons (Fsp3) is 0.235. The van der Waals surface area contributed by atoms with E-state index in [1.807, 2.05) is 0 Å². The number of benzene rings is 1. The number of ether oxygens (including phenoxy) is 3. The van der Waals surface area contributed by atoms with Gasteiger partial charge in [-0.05, 0) is 25.1 Å². The lowest BCUT2D eigenvalue weighted by molar-refractivity contribution is -0.153. The molecule has 0 aliphatic rings. The van der Waals surface area contributed by atoms with Crippen LogP contribution in [0.4, 0.5) is 0 Å². The van der Waals surface area contributed by atoms with Gasteiger partial charge in [0.25, 0.3) is 0 Å². The number of furan rings is 1. The molecule has 24 heavy (non-hydrogen) atoms. The van der Waals surface area contributed by atoms with Crippen LogP contribution in [0.5, 0.6) is 5.75 Å². The average molecular weight is 332 g/mol. The SMILES string of the molecule is COC(=O)c1ccoc1COC(=O)C(C)Oc1cccc(C=O)c1. The zero-order valence-electron chi connectivity index (χ0n) is 13.2. The highest BCUT2D eigenvalue weighted by Crippen LogP contribution is 2.16. The summed E-state index contributed by atoms with van der Waals surface area (Å²) < 4.78 is 20.2. The summed E-state index contributed by atoms with van der Waals surface area (Å²) in [6.07, 6.45) is 1.09. The quantitative estimate of drug-likeness (QED) is 0.568. The predicted molar refractivity (Wildman–Crippen MR) is 81.8 cm³/mol. The topological polar surface area (TPSA) is 92.0 Å². The van der Waals surface area contributed by atoms with Crippen molar-refractivity contribution in [1.82, 2.24) is 0 Å². The highest BCUT2D eigenvalue weighted by Gasteiger charge is 2.20. The number of hydrogen-bond donors (Lipinski definition) is 0. The van der Waals surface area contributed by atoms with E-state index in [0.29, 0.717) is 17.6 Å². The van der Waals surface area contributed by atoms with E-state index in [-0.39, 0.29) is 17.9 Å². The summed E-state index contributed by atoms with van der Waals surface area (Å²) in [7, 11) is 1.24. The summed E-state index contributed by atoms with van der Waals surface area (Å²) in [6, 6.07) is 7.83. The third-order valence-corrected chi connectivity index (χ3v) is 3.14. The molecule has 0 aliphatic heterocycles. The monoisotopic (exact) mass is 332 g/mol. The zero-order chi connectivity index (χ0) is 17.5. The Morgan fingerprint density at radius 2 is 2.08 bits per heavy atom. The summed E-state index contributed by atoms with van der Waals surface area (Å²) in [6.45, 7) is 1.29. The van der Waals surface area contributed by atoms with Crippen molar-refractivity contribution in [1.29, 1.82) is 0 Å². The van der Waals surface area contributed by atoms with Gasteiger partial charge in [-0.15, -0.1) is 0 Å². The van der Waals surface area contributed by atoms with Crippen molar-refractivity contribution >= 4 is 18.2 Å². The van der Waals surface area contributed by atoms with Crippen LogP contribution in [0.15, 0.2) is 41.0 Å². The largest absolute Gasteiger partial charge is 0.479 e. The first kappa shape index (κ1) is 17.3. The van der Waals surface area contributed by atoms with Gasteiger partial charge in [0.15, 0.2) is 11.9 Å². The van der Waals surface area contributed by atoms with Gasteiger partial charge >= 0.3 is 11.9 Å². The molecule has 0 aliphatic carbocycles. The maximum atomic E-state index is 12.0. The lowest BCUT2D eigenvalue weighted by Crippen LogP contribution is -2.26. The number of hydrogen-bond acceptors (Lipinski definition) is 7. The van der Waals surface area contributed by atoms with E-state index in [0.717, 1.165) is 0 Å². The Bertz CT molecular complexity index is 732. The Balaban J connectivity index is 1.93. The Kier molecular flexibility index (Phi) is 5.73. The van der Waals surface area contributed by atoms with Crippen LogP contribution in [-0.2, 0) is 20.9 Å². The maximum absolute atomic E-state index is 12.0. The van der Waals surface area contributed by atoms with E-state index in [4.69, 9.17) is 13.9 Å². The van der Waals surface area contributed by atoms with Crippen LogP contribution in [0.25, 0.3) is 0 Å². The van der Waals surface area contributed by atoms with Crippen LogP contribution >= 0.6 is 0 Å². The van der Waals surface area contributed by atoms with Crippen molar-refractivity contribution in [3.8, 4) is 5.75 Å². The first-order valence-corrected chi connectivity index (χ1v) is 7.08. The van der Waals surface area contributed by atoms with Gasteiger partial charge in [0.2, 0.25) is 0 Å². The second-order valence-corrected chi connectivity index (χ2v) is 4.81. The molecule has 0 saturated heterocycles. The number of aldehydes is 1. The average Bonchev–Trinajstić information content (AvgIpc) is 3.07. The van der Waals surface area contributed by atoms with Crippen molar-refractivity contribution in [3.05, 3.63) is 53.5 Å². The van der Waals surface area contributed by atoms with Gasteiger partial charge in [0, 0.05) is 5.56 Å². The van der Waals surface area contributed by atoms with Gasteiger partial charge in [0.1, 0.15) is 24.2 Å². The molecule has 1 unspecified atom stereocenters. The molecule has 0 radical (unpaired) electrons. The van der Waals surface area contributed by atoms with E-state index in [1.165, 1.54) is 32.4 Å². The molecule has 0 saturated carbocycles. The standard InChI is InChI=1S/C17H16O7/c1-11(24-13-5-3-4-12(8-13)9-18)16(19)23-10-15-14(6-7-22-15)17(20)21-2/h3-9,11H,10H2,1-2H3. The van der Waals surface area contributed by atoms with E-state index in [2.05, 4.69) is 4.74 Å². The first-order valence-electron chi connectivity index (χ1n) is 7.08. The molecule has 1 aromatic heterocycles. The zero-order valence-corrected chi connectivity index (χ0v) is 13.2. The van der Waals surface area contributed by atoms with Crippen LogP contribution in [0.1, 0.15) is 33.4 Å². The van der Waals surface area contributed by atoms with E-state index >= 15 is 0 Å². The molecule has 0 N–H and O–H groups in total. The highest BCUT2D eigenvalue weighted by atomic mass is 16.6. The molecule has 7 nitrogen and oxygen atoms in total. The Morgan fingerprint density at radius 1 is 1.29 bits per heavy atom. The Hall–Kier alpha value is -3.09. The first-order chi connectivity index (χ1) is 11.5. The van der Waals surface area contributed by atoms with Crippen molar-refractivity contribution in [3.63, 3.8) is 0 Å². The molecule has 126 valence electrons. The van der Waals surface area contributed by atoms with E-state index < -0.39 is 18.0 Å². The van der Waals surface area contributed by atoms with Gasteiger partial charge in [-0.1, -0.05) is 12.1 Å². The Labute approximate surface area is 138 Å². The third-order valence-electron chi connectivity index (χ3n) is 3.14. The van der Waals surface area contributed by atoms with Crippen LogP contribution in [0.3, 0.4) is 0 Å². The molecule has 0 bridgehead atoms. The van der Waals surface area contributed by atoms with Crippen molar-refractivity contribution < 1.29 is 33.0 Å². The molecule has 1 heterocycles. The summed E-state index contributed by atoms with van der Waals surface area (Å²) in [5, 5.41) is 0. The fourth-order valence-electron chi connectivity index (χ4n) is 1.91. The summed E-state index contributed by atoms with van der Waals surface area (Å²) in [4.78, 5) is 34.2. The number of carbonyl (C=O) groups is 3. The summed E-state index contributed by atoms with van der Waals surface area (Å²) in [5.41, 5.74) is 0.629. The van der Waals surface area contributed by atoms with E-state index in [1.54, 1.807) is 18.2 Å². The third kappa shape index (κ3) is 4.22. The second-order valence-electron chi connectivity index (χ2n) is 4.81. The molecule has 0 fully saturated rings. The number of rotatable bonds is 7. The number of esters is 2. The van der Waals surface area contributed by atoms with Crippen molar-refractivity contribution in [2.24, 2.45) is 0 Å². The number of carbonyl (C=O) groups excluding carboxylic acids is 3. The van der Waals surface area contributed by atoms with Crippen LogP contribution in [-0.4, -0.2) is 31.4 Å². The van der Waals surface area contributed by atoms with Crippen molar-refractivity contribution in [2.75, 3.05) is 7.11 Å². The smallest absolute Gasteiger partial charge is 0.347 e. The Morgan fingerprint density at radius 3 is 2.79 bits per heavy atom. The predicted octanol–water partition coefficient (Wildman–Crippen LogP) is 2.39. The number of methoxy groups -OCH3 is 1. The van der Waals surface area contributed by atoms with Crippen LogP contribution in [0, 0.1) is 0 Å². The minimum atomic E-state index is -0.900. The molecule has 7 heteroatoms. The molecule has 0 amide bonds. The molecular weight excluding hydrogens is 316 g/mol. The second kappa shape index (κ2) is 7.96. The lowest BCUT2D eigenvalue weighted by Gasteiger charge is -2.14. The van der Waals surface area contributed by atoms with Gasteiger partial charge in [-0.3, -0.25) is 4.79 Å². The van der Waals surface area contributed by atoms with Gasteiger partial charge in [0.05, 0.1) is 13.4 Å². The van der Waals surface area contributed by atoms with Gasteiger partial charge in [-0.25, -0.2) is 9.59 Å². The van der Waals surface area contributed by atoms with Gasteiger partial charge in [-0.2, -0.15) is 0 Å². The summed E-state index contributed by atoms with van der Waals surface area (Å²) >= 11 is 0.